The number of nitrogens with zero attached hydrogens (tertiary/aromatic N) is 1. The summed E-state index contributed by atoms with van der Waals surface area (Å²) in [6, 6.07) is 5.96. The fourth-order valence-corrected chi connectivity index (χ4v) is 2.46. The number of methoxy groups -OCH3 is 1. The zero-order valence-corrected chi connectivity index (χ0v) is 10.9. The van der Waals surface area contributed by atoms with E-state index in [1.165, 1.54) is 0 Å². The summed E-state index contributed by atoms with van der Waals surface area (Å²) in [4.78, 5) is 4.54. The number of hydrogen-bond donors (Lipinski definition) is 1. The number of benzene rings is 1. The van der Waals surface area contributed by atoms with Gasteiger partial charge >= 0.3 is 0 Å². The van der Waals surface area contributed by atoms with Crippen molar-refractivity contribution in [1.29, 1.82) is 0 Å². The lowest BCUT2D eigenvalue weighted by atomic mass is 10.3. The minimum atomic E-state index is 0.881. The first-order valence-electron chi connectivity index (χ1n) is 5.59. The van der Waals surface area contributed by atoms with Crippen LogP contribution in [0.2, 0.25) is 0 Å². The minimum absolute atomic E-state index is 0.881. The van der Waals surface area contributed by atoms with Crippen LogP contribution < -0.4 is 10.1 Å². The molecule has 0 fully saturated rings. The van der Waals surface area contributed by atoms with Gasteiger partial charge in [0.25, 0.3) is 0 Å². The van der Waals surface area contributed by atoms with Crippen molar-refractivity contribution in [2.75, 3.05) is 20.7 Å². The summed E-state index contributed by atoms with van der Waals surface area (Å²) in [6.45, 7) is 0.995. The molecular weight excluding hydrogens is 232 g/mol. The maximum atomic E-state index is 5.20. The first-order valence-corrected chi connectivity index (χ1v) is 6.41. The summed E-state index contributed by atoms with van der Waals surface area (Å²) in [5.74, 6) is 0.881. The number of ether oxygens (including phenoxy) is 1. The zero-order chi connectivity index (χ0) is 12.1. The van der Waals surface area contributed by atoms with Crippen molar-refractivity contribution >= 4 is 27.6 Å². The third kappa shape index (κ3) is 3.05. The summed E-state index contributed by atoms with van der Waals surface area (Å²) >= 11 is 1.69. The second kappa shape index (κ2) is 5.80. The Kier molecular flexibility index (Phi) is 4.12. The molecule has 0 amide bonds. The lowest BCUT2D eigenvalue weighted by Gasteiger charge is -1.96. The van der Waals surface area contributed by atoms with Crippen LogP contribution in [0.25, 0.3) is 16.3 Å². The van der Waals surface area contributed by atoms with E-state index in [1.54, 1.807) is 18.4 Å². The fraction of sp³-hybridized carbons (Fsp3) is 0.308. The topological polar surface area (TPSA) is 34.2 Å². The lowest BCUT2D eigenvalue weighted by molar-refractivity contribution is 0.415. The molecule has 1 heterocycles. The molecule has 90 valence electrons. The first kappa shape index (κ1) is 12.1. The van der Waals surface area contributed by atoms with Gasteiger partial charge in [0.1, 0.15) is 10.8 Å². The molecule has 2 rings (SSSR count). The van der Waals surface area contributed by atoms with Crippen LogP contribution in [-0.2, 0) is 0 Å². The Bertz CT molecular complexity index is 519. The molecule has 2 aromatic rings. The Morgan fingerprint density at radius 3 is 3.12 bits per heavy atom. The highest BCUT2D eigenvalue weighted by Crippen LogP contribution is 2.26. The number of fused-ring (bicyclic) bond motifs is 1. The highest BCUT2D eigenvalue weighted by atomic mass is 32.1. The number of rotatable bonds is 5. The molecule has 0 atom stereocenters. The second-order valence-corrected chi connectivity index (χ2v) is 4.74. The van der Waals surface area contributed by atoms with E-state index in [0.29, 0.717) is 0 Å². The van der Waals surface area contributed by atoms with Gasteiger partial charge in [-0.2, -0.15) is 0 Å². The molecule has 1 N–H and O–H groups in total. The molecule has 0 saturated carbocycles. The third-order valence-corrected chi connectivity index (χ3v) is 3.42. The molecule has 17 heavy (non-hydrogen) atoms. The van der Waals surface area contributed by atoms with Gasteiger partial charge in [-0.25, -0.2) is 4.98 Å². The predicted molar refractivity (Wildman–Crippen MR) is 73.7 cm³/mol. The number of aromatic nitrogens is 1. The van der Waals surface area contributed by atoms with Crippen LogP contribution >= 0.6 is 11.3 Å². The summed E-state index contributed by atoms with van der Waals surface area (Å²) in [5.41, 5.74) is 1.03. The van der Waals surface area contributed by atoms with Gasteiger partial charge in [0.15, 0.2) is 0 Å². The molecular formula is C13H16N2OS. The molecule has 0 unspecified atom stereocenters. The Morgan fingerprint density at radius 1 is 1.47 bits per heavy atom. The number of nitrogens with one attached hydrogen (secondary N) is 1. The van der Waals surface area contributed by atoms with Gasteiger partial charge in [-0.05, 0) is 44.3 Å². The first-order chi connectivity index (χ1) is 8.33. The van der Waals surface area contributed by atoms with Gasteiger partial charge in [0, 0.05) is 0 Å². The van der Waals surface area contributed by atoms with Crippen LogP contribution in [0.5, 0.6) is 5.75 Å². The van der Waals surface area contributed by atoms with E-state index < -0.39 is 0 Å². The number of hydrogen-bond acceptors (Lipinski definition) is 4. The predicted octanol–water partition coefficient (Wildman–Crippen LogP) is 2.93. The Balaban J connectivity index is 2.16. The van der Waals surface area contributed by atoms with Crippen molar-refractivity contribution in [3.8, 4) is 5.75 Å². The van der Waals surface area contributed by atoms with Crippen LogP contribution in [-0.4, -0.2) is 25.7 Å². The van der Waals surface area contributed by atoms with Crippen molar-refractivity contribution in [1.82, 2.24) is 10.3 Å². The van der Waals surface area contributed by atoms with Crippen LogP contribution in [0.4, 0.5) is 0 Å². The lowest BCUT2D eigenvalue weighted by Crippen LogP contribution is -2.05. The van der Waals surface area contributed by atoms with E-state index in [0.717, 1.165) is 33.9 Å². The Labute approximate surface area is 105 Å². The minimum Gasteiger partial charge on any atom is -0.497 e. The van der Waals surface area contributed by atoms with Gasteiger partial charge in [-0.1, -0.05) is 6.08 Å². The van der Waals surface area contributed by atoms with Crippen molar-refractivity contribution in [2.45, 2.75) is 6.42 Å². The summed E-state index contributed by atoms with van der Waals surface area (Å²) in [6.07, 6.45) is 5.25. The Morgan fingerprint density at radius 2 is 2.35 bits per heavy atom. The van der Waals surface area contributed by atoms with Crippen molar-refractivity contribution < 1.29 is 4.74 Å². The molecule has 0 aliphatic heterocycles. The van der Waals surface area contributed by atoms with Crippen molar-refractivity contribution in [3.63, 3.8) is 0 Å². The molecule has 3 nitrogen and oxygen atoms in total. The van der Waals surface area contributed by atoms with Crippen molar-refractivity contribution in [3.05, 3.63) is 29.3 Å². The highest BCUT2D eigenvalue weighted by molar-refractivity contribution is 7.19. The molecule has 4 heteroatoms. The van der Waals surface area contributed by atoms with Gasteiger partial charge in [-0.15, -0.1) is 11.3 Å². The average Bonchev–Trinajstić information content (AvgIpc) is 2.76. The molecule has 0 aliphatic rings. The van der Waals surface area contributed by atoms with Crippen LogP contribution in [0.3, 0.4) is 0 Å². The van der Waals surface area contributed by atoms with Gasteiger partial charge in [0.2, 0.25) is 0 Å². The summed E-state index contributed by atoms with van der Waals surface area (Å²) in [7, 11) is 3.64. The molecule has 1 aromatic carbocycles. The van der Waals surface area contributed by atoms with E-state index >= 15 is 0 Å². The average molecular weight is 248 g/mol. The van der Waals surface area contributed by atoms with Crippen LogP contribution in [0.15, 0.2) is 24.3 Å². The van der Waals surface area contributed by atoms with Gasteiger partial charge < -0.3 is 10.1 Å². The maximum absolute atomic E-state index is 5.20. The van der Waals surface area contributed by atoms with E-state index in [4.69, 9.17) is 4.74 Å². The van der Waals surface area contributed by atoms with Gasteiger partial charge in [-0.3, -0.25) is 0 Å². The van der Waals surface area contributed by atoms with Crippen LogP contribution in [0, 0.1) is 0 Å². The largest absolute Gasteiger partial charge is 0.497 e. The summed E-state index contributed by atoms with van der Waals surface area (Å²) < 4.78 is 6.36. The van der Waals surface area contributed by atoms with E-state index in [-0.39, 0.29) is 0 Å². The Hall–Kier alpha value is -1.39. The SMILES string of the molecule is CNCCC=Cc1nc2ccc(OC)cc2s1. The quantitative estimate of drug-likeness (QED) is 0.826. The molecule has 0 saturated heterocycles. The van der Waals surface area contributed by atoms with E-state index in [2.05, 4.69) is 22.5 Å². The third-order valence-electron chi connectivity index (χ3n) is 2.43. The van der Waals surface area contributed by atoms with Crippen LogP contribution in [0.1, 0.15) is 11.4 Å². The van der Waals surface area contributed by atoms with Crippen molar-refractivity contribution in [2.24, 2.45) is 0 Å². The molecule has 0 spiro atoms. The fourth-order valence-electron chi connectivity index (χ4n) is 1.53. The zero-order valence-electron chi connectivity index (χ0n) is 10.1. The standard InChI is InChI=1S/C13H16N2OS/c1-14-8-4-3-5-13-15-11-7-6-10(16-2)9-12(11)17-13/h3,5-7,9,14H,4,8H2,1-2H3. The molecule has 1 aromatic heterocycles. The molecule has 0 aliphatic carbocycles. The summed E-state index contributed by atoms with van der Waals surface area (Å²) in [5, 5.41) is 4.16. The maximum Gasteiger partial charge on any atom is 0.120 e. The molecule has 0 bridgehead atoms. The second-order valence-electron chi connectivity index (χ2n) is 3.68. The molecule has 0 radical (unpaired) electrons. The van der Waals surface area contributed by atoms with E-state index in [9.17, 15) is 0 Å². The van der Waals surface area contributed by atoms with E-state index in [1.807, 2.05) is 25.2 Å². The highest BCUT2D eigenvalue weighted by Gasteiger charge is 2.02. The smallest absolute Gasteiger partial charge is 0.120 e. The number of thiazole rings is 1. The monoisotopic (exact) mass is 248 g/mol. The normalized spacial score (nSPS) is 11.4. The van der Waals surface area contributed by atoms with Gasteiger partial charge in [0.05, 0.1) is 17.3 Å².